The van der Waals surface area contributed by atoms with Gasteiger partial charge in [-0.1, -0.05) is 27.2 Å². The van der Waals surface area contributed by atoms with Crippen LogP contribution in [0.1, 0.15) is 52.9 Å². The van der Waals surface area contributed by atoms with E-state index in [1.165, 1.54) is 6.42 Å². The second-order valence-corrected chi connectivity index (χ2v) is 7.94. The molecule has 3 rings (SSSR count). The van der Waals surface area contributed by atoms with E-state index in [2.05, 4.69) is 20.8 Å². The zero-order chi connectivity index (χ0) is 16.3. The van der Waals surface area contributed by atoms with E-state index >= 15 is 0 Å². The summed E-state index contributed by atoms with van der Waals surface area (Å²) in [4.78, 5) is 24.6. The van der Waals surface area contributed by atoms with E-state index < -0.39 is 18.7 Å². The van der Waals surface area contributed by atoms with E-state index in [4.69, 9.17) is 5.11 Å². The van der Waals surface area contributed by atoms with Crippen molar-refractivity contribution in [2.24, 2.45) is 16.7 Å². The maximum absolute atomic E-state index is 12.5. The SMILES string of the molecule is CC1(C)CCC[C@]2(C)C3=C(CC[C@@H]12)C(=O)N(CC(=O)O)[C@@H]3O. The monoisotopic (exact) mass is 307 g/mol. The van der Waals surface area contributed by atoms with Crippen molar-refractivity contribution in [3.63, 3.8) is 0 Å². The van der Waals surface area contributed by atoms with Crippen molar-refractivity contribution >= 4 is 11.9 Å². The molecule has 0 aromatic carbocycles. The van der Waals surface area contributed by atoms with Crippen LogP contribution in [0, 0.1) is 16.7 Å². The van der Waals surface area contributed by atoms with E-state index in [1.807, 2.05) is 0 Å². The molecular formula is C17H25NO4. The predicted molar refractivity (Wildman–Crippen MR) is 80.8 cm³/mol. The van der Waals surface area contributed by atoms with E-state index in [1.54, 1.807) is 0 Å². The van der Waals surface area contributed by atoms with Crippen LogP contribution in [-0.4, -0.2) is 39.8 Å². The maximum Gasteiger partial charge on any atom is 0.323 e. The molecule has 0 unspecified atom stereocenters. The first kappa shape index (κ1) is 15.5. The summed E-state index contributed by atoms with van der Waals surface area (Å²) in [6.07, 6.45) is 3.74. The highest BCUT2D eigenvalue weighted by Gasteiger charge is 2.56. The van der Waals surface area contributed by atoms with Gasteiger partial charge in [0, 0.05) is 5.57 Å². The van der Waals surface area contributed by atoms with Crippen molar-refractivity contribution in [2.75, 3.05) is 6.54 Å². The molecule has 122 valence electrons. The molecule has 1 saturated carbocycles. The van der Waals surface area contributed by atoms with E-state index in [0.29, 0.717) is 17.9 Å². The predicted octanol–water partition coefficient (Wildman–Crippen LogP) is 2.15. The summed E-state index contributed by atoms with van der Waals surface area (Å²) < 4.78 is 0. The van der Waals surface area contributed by atoms with Gasteiger partial charge < -0.3 is 10.2 Å². The molecule has 2 N–H and O–H groups in total. The van der Waals surface area contributed by atoms with Crippen molar-refractivity contribution in [3.8, 4) is 0 Å². The normalized spacial score (nSPS) is 37.1. The molecule has 5 nitrogen and oxygen atoms in total. The number of carboxylic acids is 1. The van der Waals surface area contributed by atoms with Gasteiger partial charge in [0.15, 0.2) is 6.23 Å². The number of carbonyl (C=O) groups is 2. The smallest absolute Gasteiger partial charge is 0.323 e. The number of aliphatic hydroxyl groups excluding tert-OH is 1. The summed E-state index contributed by atoms with van der Waals surface area (Å²) in [5, 5.41) is 19.7. The van der Waals surface area contributed by atoms with Gasteiger partial charge in [-0.3, -0.25) is 14.5 Å². The molecule has 3 aliphatic rings. The van der Waals surface area contributed by atoms with Crippen LogP contribution in [0.4, 0.5) is 0 Å². The Bertz CT molecular complexity index is 565. The van der Waals surface area contributed by atoms with Gasteiger partial charge in [0.25, 0.3) is 5.91 Å². The Hall–Kier alpha value is -1.36. The molecule has 0 radical (unpaired) electrons. The van der Waals surface area contributed by atoms with Gasteiger partial charge in [0.2, 0.25) is 0 Å². The van der Waals surface area contributed by atoms with Crippen molar-refractivity contribution in [2.45, 2.75) is 59.1 Å². The van der Waals surface area contributed by atoms with Crippen molar-refractivity contribution in [3.05, 3.63) is 11.1 Å². The zero-order valence-electron chi connectivity index (χ0n) is 13.6. The van der Waals surface area contributed by atoms with E-state index in [0.717, 1.165) is 29.7 Å². The standard InChI is InChI=1S/C17H25NO4/c1-16(2)7-4-8-17(3)11(16)6-5-10-13(17)15(22)18(14(10)21)9-12(19)20/h11,15,22H,4-9H2,1-3H3,(H,19,20)/t11-,15+,17-/m0/s1. The van der Waals surface area contributed by atoms with Crippen LogP contribution in [0.25, 0.3) is 0 Å². The van der Waals surface area contributed by atoms with Gasteiger partial charge in [-0.15, -0.1) is 0 Å². The Labute approximate surface area is 131 Å². The molecule has 22 heavy (non-hydrogen) atoms. The Morgan fingerprint density at radius 2 is 2.00 bits per heavy atom. The van der Waals surface area contributed by atoms with Gasteiger partial charge in [-0.05, 0) is 48.0 Å². The van der Waals surface area contributed by atoms with Gasteiger partial charge >= 0.3 is 5.97 Å². The van der Waals surface area contributed by atoms with Gasteiger partial charge in [0.1, 0.15) is 6.54 Å². The summed E-state index contributed by atoms with van der Waals surface area (Å²) in [7, 11) is 0. The number of rotatable bonds is 2. The van der Waals surface area contributed by atoms with Crippen molar-refractivity contribution in [1.82, 2.24) is 4.90 Å². The van der Waals surface area contributed by atoms with Crippen LogP contribution in [-0.2, 0) is 9.59 Å². The van der Waals surface area contributed by atoms with Gasteiger partial charge in [-0.25, -0.2) is 0 Å². The van der Waals surface area contributed by atoms with Crippen LogP contribution in [0.5, 0.6) is 0 Å². The molecule has 0 spiro atoms. The third-order valence-electron chi connectivity index (χ3n) is 6.23. The topological polar surface area (TPSA) is 77.8 Å². The second-order valence-electron chi connectivity index (χ2n) is 7.94. The lowest BCUT2D eigenvalue weighted by atomic mass is 9.50. The highest BCUT2D eigenvalue weighted by molar-refractivity contribution is 5.99. The molecule has 3 atom stereocenters. The lowest BCUT2D eigenvalue weighted by Gasteiger charge is -2.54. The third kappa shape index (κ3) is 2.02. The maximum atomic E-state index is 12.5. The number of aliphatic hydroxyl groups is 1. The number of amides is 1. The fourth-order valence-electron chi connectivity index (χ4n) is 5.34. The number of hydrogen-bond acceptors (Lipinski definition) is 3. The fraction of sp³-hybridized carbons (Fsp3) is 0.765. The molecule has 1 aliphatic heterocycles. The number of aliphatic carboxylic acids is 1. The summed E-state index contributed by atoms with van der Waals surface area (Å²) in [5.41, 5.74) is 1.47. The quantitative estimate of drug-likeness (QED) is 0.819. The van der Waals surface area contributed by atoms with Crippen molar-refractivity contribution < 1.29 is 19.8 Å². The summed E-state index contributed by atoms with van der Waals surface area (Å²) in [6.45, 7) is 6.28. The number of carboxylic acid groups (broad SMARTS) is 1. The molecular weight excluding hydrogens is 282 g/mol. The molecule has 1 fully saturated rings. The Morgan fingerprint density at radius 3 is 2.64 bits per heavy atom. The summed E-state index contributed by atoms with van der Waals surface area (Å²) in [5.74, 6) is -0.939. The lowest BCUT2D eigenvalue weighted by molar-refractivity contribution is -0.147. The molecule has 1 heterocycles. The number of fused-ring (bicyclic) bond motifs is 2. The summed E-state index contributed by atoms with van der Waals surface area (Å²) in [6, 6.07) is 0. The summed E-state index contributed by atoms with van der Waals surface area (Å²) >= 11 is 0. The van der Waals surface area contributed by atoms with E-state index in [-0.39, 0.29) is 16.7 Å². The largest absolute Gasteiger partial charge is 0.480 e. The van der Waals surface area contributed by atoms with Crippen LogP contribution in [0.15, 0.2) is 11.1 Å². The molecule has 0 aromatic heterocycles. The number of nitrogens with zero attached hydrogens (tertiary/aromatic N) is 1. The minimum Gasteiger partial charge on any atom is -0.480 e. The Kier molecular flexibility index (Phi) is 3.40. The highest BCUT2D eigenvalue weighted by Crippen LogP contribution is 2.61. The van der Waals surface area contributed by atoms with Crippen molar-refractivity contribution in [1.29, 1.82) is 0 Å². The molecule has 0 bridgehead atoms. The molecule has 1 amide bonds. The minimum absolute atomic E-state index is 0.189. The van der Waals surface area contributed by atoms with Crippen LogP contribution >= 0.6 is 0 Å². The number of hydrogen-bond donors (Lipinski definition) is 2. The molecule has 0 saturated heterocycles. The van der Waals surface area contributed by atoms with Gasteiger partial charge in [0.05, 0.1) is 0 Å². The average Bonchev–Trinajstić information content (AvgIpc) is 2.63. The van der Waals surface area contributed by atoms with Crippen LogP contribution < -0.4 is 0 Å². The average molecular weight is 307 g/mol. The van der Waals surface area contributed by atoms with Crippen LogP contribution in [0.2, 0.25) is 0 Å². The Balaban J connectivity index is 2.02. The third-order valence-corrected chi connectivity index (χ3v) is 6.23. The minimum atomic E-state index is -1.09. The second kappa shape index (κ2) is 4.82. The molecule has 5 heteroatoms. The van der Waals surface area contributed by atoms with E-state index in [9.17, 15) is 14.7 Å². The highest BCUT2D eigenvalue weighted by atomic mass is 16.4. The first-order valence-corrected chi connectivity index (χ1v) is 8.13. The molecule has 2 aliphatic carbocycles. The lowest BCUT2D eigenvalue weighted by Crippen LogP contribution is -2.48. The first-order valence-electron chi connectivity index (χ1n) is 8.13. The fourth-order valence-corrected chi connectivity index (χ4v) is 5.34. The zero-order valence-corrected chi connectivity index (χ0v) is 13.6. The van der Waals surface area contributed by atoms with Gasteiger partial charge in [-0.2, -0.15) is 0 Å². The number of carbonyl (C=O) groups excluding carboxylic acids is 1. The molecule has 0 aromatic rings. The Morgan fingerprint density at radius 1 is 1.32 bits per heavy atom. The first-order chi connectivity index (χ1) is 10.2. The van der Waals surface area contributed by atoms with Crippen LogP contribution in [0.3, 0.4) is 0 Å².